The molecule has 3 N–H and O–H groups in total. The summed E-state index contributed by atoms with van der Waals surface area (Å²) < 4.78 is 11.7. The number of rotatable bonds is 8. The van der Waals surface area contributed by atoms with E-state index >= 15 is 0 Å². The first-order chi connectivity index (χ1) is 24.1. The number of hydrogen-bond donors (Lipinski definition) is 2. The van der Waals surface area contributed by atoms with Crippen molar-refractivity contribution in [2.24, 2.45) is 62.4 Å². The lowest BCUT2D eigenvalue weighted by Crippen LogP contribution is -2.67. The van der Waals surface area contributed by atoms with Crippen LogP contribution in [0.4, 0.5) is 0 Å². The number of carbonyl (C=O) groups is 1. The highest BCUT2D eigenvalue weighted by atomic mass is 16.6. The van der Waals surface area contributed by atoms with Crippen LogP contribution in [0, 0.1) is 56.7 Å². The van der Waals surface area contributed by atoms with Gasteiger partial charge in [-0.3, -0.25) is 0 Å². The minimum atomic E-state index is -0.993. The van der Waals surface area contributed by atoms with Gasteiger partial charge in [0.05, 0.1) is 11.0 Å². The van der Waals surface area contributed by atoms with E-state index < -0.39 is 11.7 Å². The second kappa shape index (κ2) is 13.0. The minimum absolute atomic E-state index is 0.00384. The summed E-state index contributed by atoms with van der Waals surface area (Å²) in [5.74, 6) is 2.81. The molecule has 51 heavy (non-hydrogen) atoms. The zero-order chi connectivity index (χ0) is 36.6. The highest BCUT2D eigenvalue weighted by Crippen LogP contribution is 2.76. The smallest absolute Gasteiger partial charge is 0.338 e. The molecule has 4 fully saturated rings. The van der Waals surface area contributed by atoms with E-state index in [4.69, 9.17) is 15.2 Å². The van der Waals surface area contributed by atoms with E-state index in [1.54, 1.807) is 12.1 Å². The van der Waals surface area contributed by atoms with Gasteiger partial charge in [-0.2, -0.15) is 0 Å². The van der Waals surface area contributed by atoms with Crippen molar-refractivity contribution < 1.29 is 19.4 Å². The molecule has 5 nitrogen and oxygen atoms in total. The van der Waals surface area contributed by atoms with Gasteiger partial charge in [-0.15, -0.1) is 0 Å². The lowest BCUT2D eigenvalue weighted by Gasteiger charge is -2.72. The van der Waals surface area contributed by atoms with Gasteiger partial charge in [0, 0.05) is 12.1 Å². The van der Waals surface area contributed by atoms with Gasteiger partial charge in [0.15, 0.2) is 6.29 Å². The molecule has 0 heterocycles. The van der Waals surface area contributed by atoms with Crippen LogP contribution in [0.5, 0.6) is 0 Å². The van der Waals surface area contributed by atoms with Gasteiger partial charge in [0.1, 0.15) is 6.61 Å². The van der Waals surface area contributed by atoms with Gasteiger partial charge in [-0.05, 0) is 165 Å². The predicted octanol–water partition coefficient (Wildman–Crippen LogP) is 10.2. The second-order valence-electron chi connectivity index (χ2n) is 19.5. The number of carbonyl (C=O) groups excluding carboxylic acids is 1. The van der Waals surface area contributed by atoms with Crippen LogP contribution in [0.25, 0.3) is 0 Å². The fraction of sp³-hybridized carbons (Fsp3) is 0.717. The number of allylic oxidation sites excluding steroid dienone is 5. The van der Waals surface area contributed by atoms with Crippen molar-refractivity contribution in [3.8, 4) is 0 Å². The third kappa shape index (κ3) is 5.60. The zero-order valence-electron chi connectivity index (χ0n) is 32.9. The maximum atomic E-state index is 12.9. The zero-order valence-corrected chi connectivity index (χ0v) is 32.9. The van der Waals surface area contributed by atoms with Crippen molar-refractivity contribution in [2.75, 3.05) is 13.2 Å². The van der Waals surface area contributed by atoms with E-state index in [0.717, 1.165) is 12.8 Å². The number of nitrogens with two attached hydrogens (primary N) is 1. The Balaban J connectivity index is 1.13. The first-order valence-electron chi connectivity index (χ1n) is 20.4. The highest BCUT2D eigenvalue weighted by molar-refractivity contribution is 5.89. The number of aliphatic hydroxyl groups is 1. The summed E-state index contributed by atoms with van der Waals surface area (Å²) in [5.41, 5.74) is 12.4. The van der Waals surface area contributed by atoms with Crippen LogP contribution >= 0.6 is 0 Å². The van der Waals surface area contributed by atoms with E-state index in [2.05, 4.69) is 60.3 Å². The van der Waals surface area contributed by atoms with Crippen molar-refractivity contribution in [1.29, 1.82) is 0 Å². The Kier molecular flexibility index (Phi) is 9.45. The summed E-state index contributed by atoms with van der Waals surface area (Å²) in [6, 6.07) is 9.11. The van der Waals surface area contributed by atoms with Gasteiger partial charge in [-0.1, -0.05) is 77.1 Å². The van der Waals surface area contributed by atoms with E-state index in [-0.39, 0.29) is 28.9 Å². The third-order valence-corrected chi connectivity index (χ3v) is 17.1. The van der Waals surface area contributed by atoms with Crippen molar-refractivity contribution in [2.45, 2.75) is 137 Å². The molecule has 280 valence electrons. The molecular formula is C46H67NO4. The van der Waals surface area contributed by atoms with Crippen molar-refractivity contribution >= 4 is 5.97 Å². The summed E-state index contributed by atoms with van der Waals surface area (Å²) in [7, 11) is 0. The molecule has 11 atom stereocenters. The van der Waals surface area contributed by atoms with Crippen LogP contribution in [0.15, 0.2) is 65.8 Å². The molecule has 4 saturated carbocycles. The van der Waals surface area contributed by atoms with Gasteiger partial charge >= 0.3 is 5.97 Å². The molecule has 5 heteroatoms. The Bertz CT molecular complexity index is 1580. The Labute approximate surface area is 308 Å². The average molecular weight is 698 g/mol. The third-order valence-electron chi connectivity index (χ3n) is 17.1. The summed E-state index contributed by atoms with van der Waals surface area (Å²) >= 11 is 0. The lowest BCUT2D eigenvalue weighted by atomic mass is 9.33. The molecule has 6 aliphatic carbocycles. The SMILES string of the molecule is C=C(C)[C@@H]1CC[C@]2(N)CC[C@]3(C)[C@H](CCC4[C@@]5(C)CC=C(C6=CC[C@](COC(=O)c7ccccc7)(C(O)OCC)CC6)C(C)(C)C5CC[C@]43C)C12. The van der Waals surface area contributed by atoms with Gasteiger partial charge in [0.2, 0.25) is 0 Å². The van der Waals surface area contributed by atoms with Crippen molar-refractivity contribution in [3.05, 3.63) is 71.3 Å². The summed E-state index contributed by atoms with van der Waals surface area (Å²) in [6.45, 7) is 22.3. The Hall–Kier alpha value is -2.21. The Morgan fingerprint density at radius 2 is 1.67 bits per heavy atom. The molecule has 0 bridgehead atoms. The first-order valence-corrected chi connectivity index (χ1v) is 20.4. The molecule has 0 spiro atoms. The van der Waals surface area contributed by atoms with E-state index in [1.807, 2.05) is 25.1 Å². The molecule has 4 unspecified atom stereocenters. The fourth-order valence-electron chi connectivity index (χ4n) is 14.1. The number of hydrogen-bond acceptors (Lipinski definition) is 5. The van der Waals surface area contributed by atoms with Crippen LogP contribution in [0.3, 0.4) is 0 Å². The van der Waals surface area contributed by atoms with Crippen LogP contribution in [0.2, 0.25) is 0 Å². The number of fused-ring (bicyclic) bond motifs is 7. The monoisotopic (exact) mass is 698 g/mol. The number of esters is 1. The Morgan fingerprint density at radius 1 is 0.922 bits per heavy atom. The van der Waals surface area contributed by atoms with Gasteiger partial charge < -0.3 is 20.3 Å². The van der Waals surface area contributed by atoms with E-state index in [1.165, 1.54) is 68.1 Å². The first kappa shape index (κ1) is 37.1. The highest BCUT2D eigenvalue weighted by Gasteiger charge is 2.70. The summed E-state index contributed by atoms with van der Waals surface area (Å²) in [4.78, 5) is 12.9. The molecule has 1 aromatic carbocycles. The van der Waals surface area contributed by atoms with E-state index in [9.17, 15) is 9.90 Å². The van der Waals surface area contributed by atoms with Crippen LogP contribution in [0.1, 0.15) is 136 Å². The second-order valence-corrected chi connectivity index (χ2v) is 19.5. The summed E-state index contributed by atoms with van der Waals surface area (Å²) in [5, 5.41) is 11.3. The molecule has 0 aliphatic heterocycles. The molecule has 0 aromatic heterocycles. The lowest BCUT2D eigenvalue weighted by molar-refractivity contribution is -0.219. The maximum Gasteiger partial charge on any atom is 0.338 e. The minimum Gasteiger partial charge on any atom is -0.461 e. The molecule has 0 radical (unpaired) electrons. The largest absolute Gasteiger partial charge is 0.461 e. The van der Waals surface area contributed by atoms with Crippen molar-refractivity contribution in [3.63, 3.8) is 0 Å². The average Bonchev–Trinajstić information content (AvgIpc) is 3.46. The molecule has 0 amide bonds. The molecule has 1 aromatic rings. The number of aliphatic hydroxyl groups excluding tert-OH is 1. The van der Waals surface area contributed by atoms with Crippen molar-refractivity contribution in [1.82, 2.24) is 0 Å². The predicted molar refractivity (Wildman–Crippen MR) is 206 cm³/mol. The summed E-state index contributed by atoms with van der Waals surface area (Å²) in [6.07, 6.45) is 17.3. The maximum absolute atomic E-state index is 12.9. The van der Waals surface area contributed by atoms with Crippen LogP contribution in [-0.4, -0.2) is 36.1 Å². The molecule has 6 aliphatic rings. The fourth-order valence-corrected chi connectivity index (χ4v) is 14.1. The van der Waals surface area contributed by atoms with E-state index in [0.29, 0.717) is 65.4 Å². The quantitative estimate of drug-likeness (QED) is 0.161. The van der Waals surface area contributed by atoms with Crippen LogP contribution in [-0.2, 0) is 9.47 Å². The molecular weight excluding hydrogens is 631 g/mol. The molecule has 7 rings (SSSR count). The van der Waals surface area contributed by atoms with Gasteiger partial charge in [-0.25, -0.2) is 4.79 Å². The Morgan fingerprint density at radius 3 is 2.33 bits per heavy atom. The number of ether oxygens (including phenoxy) is 2. The van der Waals surface area contributed by atoms with Gasteiger partial charge in [0.25, 0.3) is 0 Å². The van der Waals surface area contributed by atoms with Crippen LogP contribution < -0.4 is 5.73 Å². The standard InChI is InChI=1S/C46H67NO4/c1-9-50-40(49)45(29-51-39(48)32-13-11-10-12-14-32)24-17-31(18-25-45)34-20-22-42(6)36(41(34,4)5)21-23-44(8)37(42)16-15-35-38-33(30(2)3)19-26-46(38,47)28-27-43(35,44)7/h10-14,17,20,33,35-38,40,49H,2,9,15-16,18-19,21-29,47H2,1,3-8H3/t33-,35+,36?,37?,38?,40?,42-,43+,44+,45-,46-/m0/s1. The number of benzene rings is 1. The normalized spacial score (nSPS) is 43.4. The topological polar surface area (TPSA) is 81.8 Å². The molecule has 0 saturated heterocycles.